The fraction of sp³-hybridized carbons (Fsp3) is 0.412. The van der Waals surface area contributed by atoms with Crippen LogP contribution in [0, 0.1) is 0 Å². The number of aryl methyl sites for hydroxylation is 1. The lowest BCUT2D eigenvalue weighted by atomic mass is 9.96. The van der Waals surface area contributed by atoms with Gasteiger partial charge in [-0.05, 0) is 58.7 Å². The first-order valence-corrected chi connectivity index (χ1v) is 16.6. The van der Waals surface area contributed by atoms with Gasteiger partial charge in [-0.2, -0.15) is 0 Å². The molecule has 0 saturated carbocycles. The van der Waals surface area contributed by atoms with Crippen LogP contribution in [0.15, 0.2) is 60.7 Å². The number of carbonyl (C=O) groups excluding carboxylic acids is 2. The number of ether oxygens (including phenoxy) is 3. The molecule has 3 fully saturated rings. The quantitative estimate of drug-likeness (QED) is 0.0716. The number of epoxide rings is 1. The van der Waals surface area contributed by atoms with Gasteiger partial charge in [-0.1, -0.05) is 54.1 Å². The largest absolute Gasteiger partial charge is 0.496 e. The number of rotatable bonds is 10. The molecule has 5 atom stereocenters. The van der Waals surface area contributed by atoms with E-state index in [-0.39, 0.29) is 40.8 Å². The van der Waals surface area contributed by atoms with E-state index in [0.717, 1.165) is 34.0 Å². The Morgan fingerprint density at radius 3 is 2.60 bits per heavy atom. The molecule has 45 heavy (non-hydrogen) atoms. The molecule has 238 valence electrons. The van der Waals surface area contributed by atoms with Crippen molar-refractivity contribution >= 4 is 57.6 Å². The molecular formula is C34H38ClIN3O6+. The smallest absolute Gasteiger partial charge is 0.411 e. The average Bonchev–Trinajstić information content (AvgIpc) is 3.80. The van der Waals surface area contributed by atoms with Crippen LogP contribution in [0.5, 0.6) is 5.75 Å². The number of benzene rings is 3. The van der Waals surface area contributed by atoms with Crippen molar-refractivity contribution in [3.8, 4) is 16.9 Å². The summed E-state index contributed by atoms with van der Waals surface area (Å²) in [4.78, 5) is 26.0. The highest BCUT2D eigenvalue weighted by atomic mass is 127. The second-order valence-electron chi connectivity index (χ2n) is 12.5. The number of piperidine rings is 1. The number of nitrogens with one attached hydrogen (secondary N) is 2. The third-order valence-corrected chi connectivity index (χ3v) is 12.1. The SMILES string of the molecule is COc1cc(NC(=O)CCCc2ccc(-c3ccccc3)c(NC(=O)O[C@H]3C[C@H]4[C@@H]5O[C@H]5[C@](I)(C3)[N+]4(C)C)c2)c(Cl)cc1CO. The summed E-state index contributed by atoms with van der Waals surface area (Å²) in [5, 5.41) is 15.7. The van der Waals surface area contributed by atoms with E-state index in [9.17, 15) is 14.7 Å². The first kappa shape index (κ1) is 32.1. The molecule has 0 unspecified atom stereocenters. The van der Waals surface area contributed by atoms with Crippen molar-refractivity contribution in [2.75, 3.05) is 31.8 Å². The maximum absolute atomic E-state index is 13.3. The number of likely N-dealkylation sites (N-methyl/N-ethyl adjacent to an activating group) is 1. The van der Waals surface area contributed by atoms with E-state index in [1.807, 2.05) is 48.5 Å². The Morgan fingerprint density at radius 1 is 1.11 bits per heavy atom. The van der Waals surface area contributed by atoms with Crippen LogP contribution in [0.25, 0.3) is 11.1 Å². The molecule has 2 amide bonds. The molecule has 9 nitrogen and oxygen atoms in total. The van der Waals surface area contributed by atoms with Gasteiger partial charge in [-0.25, -0.2) is 4.79 Å². The number of fused-ring (bicyclic) bond motifs is 5. The lowest BCUT2D eigenvalue weighted by Gasteiger charge is -2.50. The zero-order valence-corrected chi connectivity index (χ0v) is 28.4. The number of halogens is 2. The van der Waals surface area contributed by atoms with Gasteiger partial charge in [0.1, 0.15) is 24.0 Å². The van der Waals surface area contributed by atoms with Crippen LogP contribution < -0.4 is 15.4 Å². The van der Waals surface area contributed by atoms with Crippen LogP contribution in [-0.4, -0.2) is 70.7 Å². The number of nitrogens with zero attached hydrogens (tertiary/aromatic N) is 1. The summed E-state index contributed by atoms with van der Waals surface area (Å²) in [6.07, 6.45) is 2.86. The second-order valence-corrected chi connectivity index (χ2v) is 14.8. The topological polar surface area (TPSA) is 109 Å². The van der Waals surface area contributed by atoms with E-state index in [0.29, 0.717) is 46.6 Å². The number of alkyl halides is 1. The zero-order valence-electron chi connectivity index (χ0n) is 25.5. The van der Waals surface area contributed by atoms with Gasteiger partial charge >= 0.3 is 6.09 Å². The number of hydrogen-bond donors (Lipinski definition) is 3. The molecule has 0 radical (unpaired) electrons. The normalized spacial score (nSPS) is 25.6. The van der Waals surface area contributed by atoms with Crippen molar-refractivity contribution in [3.63, 3.8) is 0 Å². The average molecular weight is 747 g/mol. The van der Waals surface area contributed by atoms with E-state index < -0.39 is 6.09 Å². The number of carbonyl (C=O) groups is 2. The van der Waals surface area contributed by atoms with Gasteiger partial charge < -0.3 is 29.1 Å². The van der Waals surface area contributed by atoms with Crippen LogP contribution >= 0.6 is 34.2 Å². The number of aliphatic hydroxyl groups excluding tert-OH is 1. The van der Waals surface area contributed by atoms with Gasteiger partial charge in [0.05, 0.1) is 50.6 Å². The molecular weight excluding hydrogens is 709 g/mol. The molecule has 3 aromatic carbocycles. The fourth-order valence-electron chi connectivity index (χ4n) is 6.93. The summed E-state index contributed by atoms with van der Waals surface area (Å²) in [5.41, 5.74) is 4.51. The van der Waals surface area contributed by atoms with Crippen molar-refractivity contribution in [2.45, 2.75) is 66.6 Å². The lowest BCUT2D eigenvalue weighted by Crippen LogP contribution is -2.65. The summed E-state index contributed by atoms with van der Waals surface area (Å²) in [7, 11) is 6.01. The minimum atomic E-state index is -0.463. The monoisotopic (exact) mass is 746 g/mol. The minimum Gasteiger partial charge on any atom is -0.496 e. The van der Waals surface area contributed by atoms with Crippen LogP contribution in [0.2, 0.25) is 5.02 Å². The number of anilines is 2. The second kappa shape index (κ2) is 12.7. The Morgan fingerprint density at radius 2 is 1.89 bits per heavy atom. The Kier molecular flexibility index (Phi) is 9.06. The molecule has 6 rings (SSSR count). The first-order chi connectivity index (χ1) is 21.5. The van der Waals surface area contributed by atoms with Crippen LogP contribution in [0.4, 0.5) is 16.2 Å². The molecule has 3 saturated heterocycles. The molecule has 11 heteroatoms. The Bertz CT molecular complexity index is 1600. The molecule has 3 N–H and O–H groups in total. The highest BCUT2D eigenvalue weighted by Gasteiger charge is 2.78. The van der Waals surface area contributed by atoms with Crippen molar-refractivity contribution in [1.29, 1.82) is 0 Å². The highest BCUT2D eigenvalue weighted by Crippen LogP contribution is 2.61. The van der Waals surface area contributed by atoms with Gasteiger partial charge in [0, 0.05) is 30.0 Å². The Labute approximate surface area is 281 Å². The number of aliphatic hydroxyl groups is 1. The number of morpholine rings is 1. The molecule has 0 aromatic heterocycles. The van der Waals surface area contributed by atoms with E-state index in [2.05, 4.69) is 47.3 Å². The summed E-state index contributed by atoms with van der Waals surface area (Å²) in [5.74, 6) is 0.269. The predicted octanol–water partition coefficient (Wildman–Crippen LogP) is 6.54. The lowest BCUT2D eigenvalue weighted by molar-refractivity contribution is -0.943. The van der Waals surface area contributed by atoms with Gasteiger partial charge in [-0.3, -0.25) is 10.1 Å². The van der Waals surface area contributed by atoms with Gasteiger partial charge in [0.2, 0.25) is 5.91 Å². The number of quaternary nitrogens is 1. The van der Waals surface area contributed by atoms with E-state index in [4.69, 9.17) is 25.8 Å². The molecule has 0 spiro atoms. The van der Waals surface area contributed by atoms with Crippen molar-refractivity contribution in [1.82, 2.24) is 0 Å². The van der Waals surface area contributed by atoms with Crippen LogP contribution in [0.3, 0.4) is 0 Å². The molecule has 0 aliphatic carbocycles. The Balaban J connectivity index is 1.10. The van der Waals surface area contributed by atoms with Crippen LogP contribution in [-0.2, 0) is 27.3 Å². The zero-order chi connectivity index (χ0) is 31.9. The maximum Gasteiger partial charge on any atom is 0.411 e. The summed E-state index contributed by atoms with van der Waals surface area (Å²) >= 11 is 8.83. The van der Waals surface area contributed by atoms with E-state index in [1.54, 1.807) is 12.1 Å². The fourth-order valence-corrected chi connectivity index (χ4v) is 8.52. The van der Waals surface area contributed by atoms with E-state index >= 15 is 0 Å². The standard InChI is InChI=1S/C34H37ClIN3O6/c1-39(2)28-16-23(18-34(39,36)32-31(28)45-32)44-33(42)38-26-14-20(12-13-24(26)21-9-5-4-6-10-21)8-7-11-30(41)37-27-17-29(43-3)22(19-40)15-25(27)35/h4-6,9-10,12-15,17,23,28,31-32,40H,7-8,11,16,18-19H2,1-3H3,(H-,37,38,41,42)/p+1/t23-,28-,31-,32+,34-/m0/s1. The summed E-state index contributed by atoms with van der Waals surface area (Å²) < 4.78 is 18.1. The maximum atomic E-state index is 13.3. The highest BCUT2D eigenvalue weighted by molar-refractivity contribution is 14.1. The number of hydrogen-bond acceptors (Lipinski definition) is 6. The van der Waals surface area contributed by atoms with Gasteiger partial charge in [0.25, 0.3) is 0 Å². The van der Waals surface area contributed by atoms with Crippen molar-refractivity contribution < 1.29 is 33.4 Å². The summed E-state index contributed by atoms with van der Waals surface area (Å²) in [6, 6.07) is 19.4. The molecule has 3 aliphatic heterocycles. The Hall–Kier alpha value is -2.90. The molecule has 3 heterocycles. The van der Waals surface area contributed by atoms with Gasteiger partial charge in [0.15, 0.2) is 9.65 Å². The number of amides is 2. The minimum absolute atomic E-state index is 0.0992. The third-order valence-electron chi connectivity index (χ3n) is 9.51. The third kappa shape index (κ3) is 6.27. The van der Waals surface area contributed by atoms with Crippen LogP contribution in [0.1, 0.15) is 36.8 Å². The molecule has 2 bridgehead atoms. The van der Waals surface area contributed by atoms with Gasteiger partial charge in [-0.15, -0.1) is 0 Å². The van der Waals surface area contributed by atoms with Crippen molar-refractivity contribution in [3.05, 3.63) is 76.8 Å². The predicted molar refractivity (Wildman–Crippen MR) is 182 cm³/mol. The summed E-state index contributed by atoms with van der Waals surface area (Å²) in [6.45, 7) is -0.219. The number of methoxy groups -OCH3 is 1. The van der Waals surface area contributed by atoms with E-state index in [1.165, 1.54) is 7.11 Å². The molecule has 3 aliphatic rings. The molecule has 3 aromatic rings. The van der Waals surface area contributed by atoms with Crippen molar-refractivity contribution in [2.24, 2.45) is 0 Å². The first-order valence-electron chi connectivity index (χ1n) is 15.1.